The van der Waals surface area contributed by atoms with E-state index in [2.05, 4.69) is 20.6 Å². The van der Waals surface area contributed by atoms with Crippen LogP contribution in [0.15, 0.2) is 40.7 Å². The van der Waals surface area contributed by atoms with Crippen LogP contribution in [0.25, 0.3) is 0 Å². The largest absolute Gasteiger partial charge is 0.275 e. The zero-order valence-electron chi connectivity index (χ0n) is 12.7. The zero-order chi connectivity index (χ0) is 15.8. The summed E-state index contributed by atoms with van der Waals surface area (Å²) in [6, 6.07) is 5.81. The molecule has 0 unspecified atom stereocenters. The van der Waals surface area contributed by atoms with Gasteiger partial charge in [0.05, 0.1) is 16.9 Å². The summed E-state index contributed by atoms with van der Waals surface area (Å²) in [4.78, 5) is 15.9. The maximum Gasteiger partial charge on any atom is 0.240 e. The predicted molar refractivity (Wildman–Crippen MR) is 87.9 cm³/mol. The molecule has 22 heavy (non-hydrogen) atoms. The maximum atomic E-state index is 11.7. The first-order chi connectivity index (χ1) is 10.6. The molecule has 0 bridgehead atoms. The summed E-state index contributed by atoms with van der Waals surface area (Å²) in [5.74, 6) is 0.773. The van der Waals surface area contributed by atoms with Gasteiger partial charge >= 0.3 is 0 Å². The molecule has 1 amide bonds. The molecule has 0 fully saturated rings. The summed E-state index contributed by atoms with van der Waals surface area (Å²) in [6.45, 7) is 1.90. The average Bonchev–Trinajstić information content (AvgIpc) is 2.83. The third-order valence-electron chi connectivity index (χ3n) is 2.88. The number of nitrogens with one attached hydrogen (secondary N) is 1. The van der Waals surface area contributed by atoms with E-state index >= 15 is 0 Å². The van der Waals surface area contributed by atoms with Gasteiger partial charge in [-0.05, 0) is 31.2 Å². The van der Waals surface area contributed by atoms with Gasteiger partial charge in [0.15, 0.2) is 0 Å². The molecule has 0 atom stereocenters. The van der Waals surface area contributed by atoms with E-state index in [4.69, 9.17) is 0 Å². The van der Waals surface area contributed by atoms with Crippen molar-refractivity contribution in [3.8, 4) is 0 Å². The minimum absolute atomic E-state index is 0.0839. The summed E-state index contributed by atoms with van der Waals surface area (Å²) in [7, 11) is 1.85. The monoisotopic (exact) mass is 317 g/mol. The van der Waals surface area contributed by atoms with Gasteiger partial charge in [-0.2, -0.15) is 10.2 Å². The van der Waals surface area contributed by atoms with E-state index in [1.807, 2.05) is 38.4 Å². The highest BCUT2D eigenvalue weighted by Crippen LogP contribution is 2.15. The molecule has 0 saturated heterocycles. The van der Waals surface area contributed by atoms with Gasteiger partial charge in [-0.25, -0.2) is 10.4 Å². The second kappa shape index (κ2) is 8.33. The Bertz CT molecular complexity index is 639. The van der Waals surface area contributed by atoms with Gasteiger partial charge < -0.3 is 0 Å². The number of amides is 1. The normalized spacial score (nSPS) is 11.0. The predicted octanol–water partition coefficient (Wildman–Crippen LogP) is 2.15. The Hall–Kier alpha value is -2.15. The van der Waals surface area contributed by atoms with Crippen molar-refractivity contribution in [3.05, 3.63) is 41.9 Å². The Labute approximate surface area is 134 Å². The van der Waals surface area contributed by atoms with Gasteiger partial charge in [0.2, 0.25) is 5.91 Å². The maximum absolute atomic E-state index is 11.7. The molecule has 0 spiro atoms. The third kappa shape index (κ3) is 5.33. The van der Waals surface area contributed by atoms with E-state index in [1.165, 1.54) is 0 Å². The van der Waals surface area contributed by atoms with Crippen molar-refractivity contribution in [1.82, 2.24) is 20.2 Å². The van der Waals surface area contributed by atoms with Crippen LogP contribution in [0.4, 0.5) is 0 Å². The molecule has 2 rings (SSSR count). The van der Waals surface area contributed by atoms with E-state index in [0.717, 1.165) is 28.5 Å². The highest BCUT2D eigenvalue weighted by atomic mass is 32.2. The number of rotatable bonds is 7. The molecular formula is C15H19N5OS. The molecule has 0 aromatic carbocycles. The SMILES string of the molecule is Cc1nn(C)cc1/C=N/NC(=O)CCCSc1ccccn1. The van der Waals surface area contributed by atoms with Crippen molar-refractivity contribution >= 4 is 23.9 Å². The number of hydrogen-bond donors (Lipinski definition) is 1. The molecule has 0 aliphatic carbocycles. The van der Waals surface area contributed by atoms with Crippen LogP contribution in [-0.2, 0) is 11.8 Å². The van der Waals surface area contributed by atoms with Crippen molar-refractivity contribution in [2.24, 2.45) is 12.1 Å². The fraction of sp³-hybridized carbons (Fsp3) is 0.333. The summed E-state index contributed by atoms with van der Waals surface area (Å²) in [5, 5.41) is 9.14. The van der Waals surface area contributed by atoms with Crippen LogP contribution in [0.5, 0.6) is 0 Å². The fourth-order valence-electron chi connectivity index (χ4n) is 1.82. The fourth-order valence-corrected chi connectivity index (χ4v) is 2.62. The Morgan fingerprint density at radius 1 is 1.50 bits per heavy atom. The molecule has 2 aromatic heterocycles. The number of hydrogen-bond acceptors (Lipinski definition) is 5. The van der Waals surface area contributed by atoms with E-state index in [9.17, 15) is 4.79 Å². The number of nitrogens with zero attached hydrogens (tertiary/aromatic N) is 4. The van der Waals surface area contributed by atoms with E-state index in [0.29, 0.717) is 6.42 Å². The van der Waals surface area contributed by atoms with Gasteiger partial charge in [-0.1, -0.05) is 6.07 Å². The minimum Gasteiger partial charge on any atom is -0.275 e. The molecule has 0 saturated carbocycles. The highest BCUT2D eigenvalue weighted by molar-refractivity contribution is 7.99. The lowest BCUT2D eigenvalue weighted by atomic mass is 10.3. The number of aromatic nitrogens is 3. The molecule has 2 heterocycles. The van der Waals surface area contributed by atoms with Crippen LogP contribution < -0.4 is 5.43 Å². The van der Waals surface area contributed by atoms with Gasteiger partial charge in [-0.3, -0.25) is 9.48 Å². The lowest BCUT2D eigenvalue weighted by molar-refractivity contribution is -0.121. The lowest BCUT2D eigenvalue weighted by Crippen LogP contribution is -2.17. The Morgan fingerprint density at radius 2 is 2.36 bits per heavy atom. The molecule has 7 heteroatoms. The second-order valence-electron chi connectivity index (χ2n) is 4.76. The second-order valence-corrected chi connectivity index (χ2v) is 5.87. The summed E-state index contributed by atoms with van der Waals surface area (Å²) in [6.07, 6.45) is 6.47. The van der Waals surface area contributed by atoms with Crippen molar-refractivity contribution < 1.29 is 4.79 Å². The van der Waals surface area contributed by atoms with E-state index < -0.39 is 0 Å². The van der Waals surface area contributed by atoms with Crippen LogP contribution >= 0.6 is 11.8 Å². The number of carbonyl (C=O) groups is 1. The molecule has 1 N–H and O–H groups in total. The molecule has 116 valence electrons. The first kappa shape index (κ1) is 16.2. The van der Waals surface area contributed by atoms with Crippen LogP contribution in [-0.4, -0.2) is 32.6 Å². The van der Waals surface area contributed by atoms with E-state index in [-0.39, 0.29) is 5.91 Å². The van der Waals surface area contributed by atoms with E-state index in [1.54, 1.807) is 28.9 Å². The Morgan fingerprint density at radius 3 is 3.05 bits per heavy atom. The van der Waals surface area contributed by atoms with Gasteiger partial charge in [0, 0.05) is 31.4 Å². The number of thioether (sulfide) groups is 1. The summed E-state index contributed by atoms with van der Waals surface area (Å²) in [5.41, 5.74) is 4.31. The first-order valence-electron chi connectivity index (χ1n) is 7.01. The van der Waals surface area contributed by atoms with Crippen LogP contribution in [0.3, 0.4) is 0 Å². The highest BCUT2D eigenvalue weighted by Gasteiger charge is 2.02. The smallest absolute Gasteiger partial charge is 0.240 e. The van der Waals surface area contributed by atoms with Crippen molar-refractivity contribution in [2.45, 2.75) is 24.8 Å². The van der Waals surface area contributed by atoms with Gasteiger partial charge in [-0.15, -0.1) is 11.8 Å². The zero-order valence-corrected chi connectivity index (χ0v) is 13.5. The van der Waals surface area contributed by atoms with Gasteiger partial charge in [0.1, 0.15) is 0 Å². The standard InChI is InChI=1S/C15H19N5OS/c1-12-13(11-20(2)19-12)10-17-18-14(21)6-5-9-22-15-7-3-4-8-16-15/h3-4,7-8,10-11H,5-6,9H2,1-2H3,(H,18,21)/b17-10+. The number of hydrazone groups is 1. The number of carbonyl (C=O) groups excluding carboxylic acids is 1. The van der Waals surface area contributed by atoms with Crippen LogP contribution in [0.1, 0.15) is 24.1 Å². The molecule has 2 aromatic rings. The Kier molecular flexibility index (Phi) is 6.14. The van der Waals surface area contributed by atoms with Gasteiger partial charge in [0.25, 0.3) is 0 Å². The quantitative estimate of drug-likeness (QED) is 0.367. The first-order valence-corrected chi connectivity index (χ1v) is 7.99. The third-order valence-corrected chi connectivity index (χ3v) is 3.91. The molecule has 6 nitrogen and oxygen atoms in total. The molecular weight excluding hydrogens is 298 g/mol. The molecule has 0 radical (unpaired) electrons. The Balaban J connectivity index is 1.65. The number of pyridine rings is 1. The molecule has 0 aliphatic rings. The minimum atomic E-state index is -0.0839. The van der Waals surface area contributed by atoms with Crippen molar-refractivity contribution in [1.29, 1.82) is 0 Å². The summed E-state index contributed by atoms with van der Waals surface area (Å²) >= 11 is 1.65. The lowest BCUT2D eigenvalue weighted by Gasteiger charge is -2.00. The van der Waals surface area contributed by atoms with Crippen molar-refractivity contribution in [3.63, 3.8) is 0 Å². The van der Waals surface area contributed by atoms with Crippen LogP contribution in [0.2, 0.25) is 0 Å². The number of aryl methyl sites for hydroxylation is 2. The average molecular weight is 317 g/mol. The summed E-state index contributed by atoms with van der Waals surface area (Å²) < 4.78 is 1.72. The topological polar surface area (TPSA) is 72.2 Å². The van der Waals surface area contributed by atoms with Crippen LogP contribution in [0, 0.1) is 6.92 Å². The van der Waals surface area contributed by atoms with Crippen molar-refractivity contribution in [2.75, 3.05) is 5.75 Å². The molecule has 0 aliphatic heterocycles.